The lowest BCUT2D eigenvalue weighted by molar-refractivity contribution is -0.123. The highest BCUT2D eigenvalue weighted by atomic mass is 32.1. The van der Waals surface area contributed by atoms with Crippen molar-refractivity contribution in [1.82, 2.24) is 15.2 Å². The predicted octanol–water partition coefficient (Wildman–Crippen LogP) is 2.76. The third-order valence-electron chi connectivity index (χ3n) is 7.06. The summed E-state index contributed by atoms with van der Waals surface area (Å²) in [6.07, 6.45) is 4.24. The van der Waals surface area contributed by atoms with Gasteiger partial charge in [0.15, 0.2) is 5.11 Å². The van der Waals surface area contributed by atoms with Crippen molar-refractivity contribution >= 4 is 41.3 Å². The van der Waals surface area contributed by atoms with Crippen molar-refractivity contribution in [2.24, 2.45) is 4.99 Å². The average Bonchev–Trinajstić information content (AvgIpc) is 3.07. The molecule has 5 rings (SSSR count). The first kappa shape index (κ1) is 22.9. The van der Waals surface area contributed by atoms with Crippen LogP contribution in [-0.2, 0) is 17.9 Å². The molecule has 2 aromatic rings. The van der Waals surface area contributed by atoms with Crippen LogP contribution < -0.4 is 19.9 Å². The van der Waals surface area contributed by atoms with Crippen molar-refractivity contribution in [3.63, 3.8) is 0 Å². The number of amides is 1. The van der Waals surface area contributed by atoms with Gasteiger partial charge in [0.25, 0.3) is 5.91 Å². The van der Waals surface area contributed by atoms with Crippen molar-refractivity contribution in [3.8, 4) is 5.75 Å². The number of carbonyl (C=O) groups excluding carboxylic acids is 1. The van der Waals surface area contributed by atoms with Crippen molar-refractivity contribution in [1.29, 1.82) is 0 Å². The van der Waals surface area contributed by atoms with Gasteiger partial charge in [-0.05, 0) is 55.9 Å². The number of hydrogen-bond acceptors (Lipinski definition) is 7. The summed E-state index contributed by atoms with van der Waals surface area (Å²) in [5.74, 6) is 0.575. The van der Waals surface area contributed by atoms with E-state index in [-0.39, 0.29) is 5.91 Å². The Morgan fingerprint density at radius 3 is 2.56 bits per heavy atom. The molecule has 8 nitrogen and oxygen atoms in total. The molecule has 1 N–H and O–H groups in total. The fourth-order valence-corrected chi connectivity index (χ4v) is 5.54. The summed E-state index contributed by atoms with van der Waals surface area (Å²) in [7, 11) is 1.58. The number of methoxy groups -OCH3 is 1. The minimum atomic E-state index is -0.619. The first-order chi connectivity index (χ1) is 16.6. The van der Waals surface area contributed by atoms with Gasteiger partial charge in [0.05, 0.1) is 25.5 Å². The fraction of sp³-hybridized carbons (Fsp3) is 0.440. The Morgan fingerprint density at radius 1 is 1.21 bits per heavy atom. The normalized spacial score (nSPS) is 20.0. The van der Waals surface area contributed by atoms with Crippen LogP contribution in [0.1, 0.15) is 30.5 Å². The van der Waals surface area contributed by atoms with Gasteiger partial charge in [-0.1, -0.05) is 12.1 Å². The fourth-order valence-electron chi connectivity index (χ4n) is 5.07. The van der Waals surface area contributed by atoms with Crippen LogP contribution in [0.3, 0.4) is 0 Å². The lowest BCUT2D eigenvalue weighted by Gasteiger charge is -2.43. The number of ether oxygens (including phenoxy) is 1. The molecule has 2 saturated heterocycles. The molecule has 0 unspecified atom stereocenters. The zero-order valence-electron chi connectivity index (χ0n) is 19.5. The molecule has 2 aliphatic heterocycles. The molecular weight excluding hydrogens is 448 g/mol. The topological polar surface area (TPSA) is 73.3 Å². The highest BCUT2D eigenvalue weighted by Crippen LogP contribution is 2.48. The second-order valence-corrected chi connectivity index (χ2v) is 9.43. The molecule has 3 aliphatic rings. The SMILES string of the molecule is C=NCc1ncc(N2C(=O)C3(CCC3)N(c3ccc(CN4CCNCC4)cc3)C2=S)cc1OC. The van der Waals surface area contributed by atoms with Crippen LogP contribution in [0, 0.1) is 0 Å². The van der Waals surface area contributed by atoms with E-state index in [0.29, 0.717) is 28.8 Å². The maximum Gasteiger partial charge on any atom is 0.259 e. The number of nitrogens with zero attached hydrogens (tertiary/aromatic N) is 5. The van der Waals surface area contributed by atoms with E-state index >= 15 is 0 Å². The van der Waals surface area contributed by atoms with Gasteiger partial charge >= 0.3 is 0 Å². The molecule has 1 saturated carbocycles. The van der Waals surface area contributed by atoms with Crippen molar-refractivity contribution in [3.05, 3.63) is 47.8 Å². The van der Waals surface area contributed by atoms with Gasteiger partial charge in [0, 0.05) is 44.5 Å². The van der Waals surface area contributed by atoms with E-state index in [9.17, 15) is 4.79 Å². The van der Waals surface area contributed by atoms with Crippen molar-refractivity contribution < 1.29 is 9.53 Å². The van der Waals surface area contributed by atoms with E-state index in [2.05, 4.69) is 56.1 Å². The summed E-state index contributed by atoms with van der Waals surface area (Å²) in [5, 5.41) is 3.88. The molecule has 9 heteroatoms. The quantitative estimate of drug-likeness (QED) is 0.485. The largest absolute Gasteiger partial charge is 0.495 e. The van der Waals surface area contributed by atoms with Crippen LogP contribution >= 0.6 is 12.2 Å². The van der Waals surface area contributed by atoms with Crippen LogP contribution in [0.25, 0.3) is 0 Å². The monoisotopic (exact) mass is 478 g/mol. The van der Waals surface area contributed by atoms with Gasteiger partial charge in [0.2, 0.25) is 0 Å². The summed E-state index contributed by atoms with van der Waals surface area (Å²) in [6.45, 7) is 8.99. The minimum absolute atomic E-state index is 0.00657. The van der Waals surface area contributed by atoms with E-state index < -0.39 is 5.54 Å². The van der Waals surface area contributed by atoms with E-state index in [4.69, 9.17) is 17.0 Å². The number of carbonyl (C=O) groups is 1. The van der Waals surface area contributed by atoms with Crippen LogP contribution in [0.5, 0.6) is 5.75 Å². The third-order valence-corrected chi connectivity index (χ3v) is 7.42. The molecule has 34 heavy (non-hydrogen) atoms. The van der Waals surface area contributed by atoms with Gasteiger partial charge in [-0.2, -0.15) is 0 Å². The number of thiocarbonyl (C=S) groups is 1. The summed E-state index contributed by atoms with van der Waals surface area (Å²) < 4.78 is 5.49. The Kier molecular flexibility index (Phi) is 6.33. The highest BCUT2D eigenvalue weighted by molar-refractivity contribution is 7.81. The van der Waals surface area contributed by atoms with Crippen LogP contribution in [0.4, 0.5) is 11.4 Å². The molecule has 0 atom stereocenters. The Balaban J connectivity index is 1.42. The summed E-state index contributed by atoms with van der Waals surface area (Å²) in [6, 6.07) is 10.3. The molecule has 178 valence electrons. The average molecular weight is 479 g/mol. The Bertz CT molecular complexity index is 1100. The first-order valence-electron chi connectivity index (χ1n) is 11.7. The number of piperazine rings is 1. The smallest absolute Gasteiger partial charge is 0.259 e. The maximum absolute atomic E-state index is 13.7. The minimum Gasteiger partial charge on any atom is -0.495 e. The van der Waals surface area contributed by atoms with E-state index in [1.54, 1.807) is 18.2 Å². The van der Waals surface area contributed by atoms with Gasteiger partial charge in [-0.15, -0.1) is 0 Å². The first-order valence-corrected chi connectivity index (χ1v) is 12.1. The molecule has 1 amide bonds. The number of aromatic nitrogens is 1. The molecule has 1 aromatic carbocycles. The van der Waals surface area contributed by atoms with Crippen LogP contribution in [0.2, 0.25) is 0 Å². The molecule has 1 aromatic heterocycles. The standard InChI is InChI=1S/C25H30N6O2S/c1-26-16-21-22(33-2)14-20(15-28-21)30-23(32)25(8-3-9-25)31(24(30)34)19-6-4-18(5-7-19)17-29-12-10-27-11-13-29/h4-7,14-15,27H,1,3,8-13,16-17H2,2H3. The molecular formula is C25H30N6O2S. The van der Waals surface area contributed by atoms with E-state index in [1.165, 1.54) is 5.56 Å². The second kappa shape index (κ2) is 9.40. The number of rotatable bonds is 7. The predicted molar refractivity (Wildman–Crippen MR) is 138 cm³/mol. The van der Waals surface area contributed by atoms with Crippen LogP contribution in [-0.4, -0.2) is 66.4 Å². The number of pyridine rings is 1. The van der Waals surface area contributed by atoms with E-state index in [1.807, 2.05) is 6.07 Å². The summed E-state index contributed by atoms with van der Waals surface area (Å²) in [4.78, 5) is 28.2. The molecule has 0 radical (unpaired) electrons. The Hall–Kier alpha value is -2.88. The molecule has 1 spiro atoms. The second-order valence-electron chi connectivity index (χ2n) is 9.06. The lowest BCUT2D eigenvalue weighted by atomic mass is 9.75. The number of anilines is 2. The number of hydrogen-bond donors (Lipinski definition) is 1. The third kappa shape index (κ3) is 3.87. The van der Waals surface area contributed by atoms with E-state index in [0.717, 1.165) is 57.7 Å². The highest BCUT2D eigenvalue weighted by Gasteiger charge is 2.59. The van der Waals surface area contributed by atoms with Gasteiger partial charge in [-0.25, -0.2) is 0 Å². The summed E-state index contributed by atoms with van der Waals surface area (Å²) >= 11 is 5.90. The van der Waals surface area contributed by atoms with Gasteiger partial charge < -0.3 is 15.0 Å². The molecule has 1 aliphatic carbocycles. The molecule has 3 heterocycles. The Labute approximate surface area is 205 Å². The zero-order valence-corrected chi connectivity index (χ0v) is 20.3. The molecule has 3 fully saturated rings. The van der Waals surface area contributed by atoms with Crippen molar-refractivity contribution in [2.75, 3.05) is 43.1 Å². The lowest BCUT2D eigenvalue weighted by Crippen LogP contribution is -2.55. The van der Waals surface area contributed by atoms with Gasteiger partial charge in [-0.3, -0.25) is 24.6 Å². The van der Waals surface area contributed by atoms with Crippen LogP contribution in [0.15, 0.2) is 41.5 Å². The molecule has 0 bridgehead atoms. The van der Waals surface area contributed by atoms with Gasteiger partial charge in [0.1, 0.15) is 17.0 Å². The maximum atomic E-state index is 13.7. The Morgan fingerprint density at radius 2 is 1.94 bits per heavy atom. The number of aliphatic imine (C=N–C) groups is 1. The zero-order chi connectivity index (χ0) is 23.7. The van der Waals surface area contributed by atoms with Crippen molar-refractivity contribution in [2.45, 2.75) is 37.9 Å². The summed E-state index contributed by atoms with van der Waals surface area (Å²) in [5.41, 5.74) is 2.89. The number of nitrogens with one attached hydrogen (secondary N) is 1. The number of benzene rings is 1.